The Morgan fingerprint density at radius 3 is 2.45 bits per heavy atom. The molecule has 4 N–H and O–H groups in total. The first-order valence-corrected chi connectivity index (χ1v) is 6.53. The molecule has 0 spiro atoms. The number of primary amides is 1. The van der Waals surface area contributed by atoms with Gasteiger partial charge in [-0.15, -0.1) is 0 Å². The topological polar surface area (TPSA) is 104 Å². The molecule has 2 rings (SSSR count). The highest BCUT2D eigenvalue weighted by Gasteiger charge is 2.37. The van der Waals surface area contributed by atoms with Crippen LogP contribution in [0.15, 0.2) is 30.3 Å². The number of hydrogen-bond acceptors (Lipinski definition) is 4. The normalized spacial score (nSPS) is 21.5. The number of aliphatic hydroxyl groups excluding tert-OH is 2. The van der Waals surface area contributed by atoms with Crippen LogP contribution in [0.2, 0.25) is 0 Å². The molecule has 0 radical (unpaired) electrons. The van der Waals surface area contributed by atoms with Gasteiger partial charge >= 0.3 is 0 Å². The van der Waals surface area contributed by atoms with Crippen molar-refractivity contribution in [1.82, 2.24) is 4.90 Å². The molecule has 1 heterocycles. The van der Waals surface area contributed by atoms with E-state index in [4.69, 9.17) is 5.73 Å². The van der Waals surface area contributed by atoms with Crippen LogP contribution in [-0.4, -0.2) is 45.7 Å². The van der Waals surface area contributed by atoms with Crippen LogP contribution >= 0.6 is 0 Å². The van der Waals surface area contributed by atoms with E-state index in [-0.39, 0.29) is 6.04 Å². The van der Waals surface area contributed by atoms with Crippen molar-refractivity contribution in [2.24, 2.45) is 5.73 Å². The highest BCUT2D eigenvalue weighted by Crippen LogP contribution is 2.32. The van der Waals surface area contributed by atoms with Crippen molar-refractivity contribution in [1.29, 1.82) is 0 Å². The molecule has 0 unspecified atom stereocenters. The van der Waals surface area contributed by atoms with Crippen molar-refractivity contribution in [3.63, 3.8) is 0 Å². The van der Waals surface area contributed by atoms with Crippen molar-refractivity contribution in [2.75, 3.05) is 6.54 Å². The summed E-state index contributed by atoms with van der Waals surface area (Å²) in [4.78, 5) is 24.5. The number of carbonyl (C=O) groups excluding carboxylic acids is 2. The summed E-state index contributed by atoms with van der Waals surface area (Å²) >= 11 is 0. The van der Waals surface area contributed by atoms with Gasteiger partial charge in [-0.2, -0.15) is 0 Å². The van der Waals surface area contributed by atoms with Crippen LogP contribution in [0.25, 0.3) is 0 Å². The van der Waals surface area contributed by atoms with E-state index in [0.717, 1.165) is 18.4 Å². The molecule has 3 atom stereocenters. The third kappa shape index (κ3) is 2.81. The molecule has 1 aromatic rings. The highest BCUT2D eigenvalue weighted by molar-refractivity contribution is 5.90. The van der Waals surface area contributed by atoms with E-state index in [9.17, 15) is 19.8 Å². The number of rotatable bonds is 4. The quantitative estimate of drug-likeness (QED) is 0.694. The Morgan fingerprint density at radius 2 is 1.85 bits per heavy atom. The van der Waals surface area contributed by atoms with Gasteiger partial charge in [0.2, 0.25) is 5.91 Å². The summed E-state index contributed by atoms with van der Waals surface area (Å²) < 4.78 is 0. The van der Waals surface area contributed by atoms with Gasteiger partial charge in [-0.05, 0) is 18.4 Å². The predicted octanol–water partition coefficient (Wildman–Crippen LogP) is -0.443. The van der Waals surface area contributed by atoms with Crippen molar-refractivity contribution in [2.45, 2.75) is 31.1 Å². The Morgan fingerprint density at radius 1 is 1.20 bits per heavy atom. The van der Waals surface area contributed by atoms with E-state index >= 15 is 0 Å². The molecule has 20 heavy (non-hydrogen) atoms. The zero-order valence-electron chi connectivity index (χ0n) is 11.0. The zero-order chi connectivity index (χ0) is 14.7. The fourth-order valence-electron chi connectivity index (χ4n) is 2.51. The minimum atomic E-state index is -1.88. The summed E-state index contributed by atoms with van der Waals surface area (Å²) in [6.45, 7) is 0.487. The fraction of sp³-hybridized carbons (Fsp3) is 0.429. The maximum Gasteiger partial charge on any atom is 0.255 e. The SMILES string of the molecule is NC(=O)[C@H](O)[C@@H](O)C(=O)N1CCC[C@@H]1c1ccccc1. The number of nitrogens with two attached hydrogens (primary N) is 1. The zero-order valence-corrected chi connectivity index (χ0v) is 11.0. The first-order chi connectivity index (χ1) is 9.52. The number of likely N-dealkylation sites (tertiary alicyclic amines) is 1. The lowest BCUT2D eigenvalue weighted by atomic mass is 10.0. The van der Waals surface area contributed by atoms with E-state index < -0.39 is 24.0 Å². The molecular formula is C14H18N2O4. The Hall–Kier alpha value is -1.92. The van der Waals surface area contributed by atoms with E-state index in [2.05, 4.69) is 0 Å². The summed E-state index contributed by atoms with van der Waals surface area (Å²) in [5, 5.41) is 19.2. The number of nitrogens with zero attached hydrogens (tertiary/aromatic N) is 1. The first kappa shape index (κ1) is 14.5. The summed E-state index contributed by atoms with van der Waals surface area (Å²) in [6, 6.07) is 9.32. The number of amides is 2. The largest absolute Gasteiger partial charge is 0.380 e. The van der Waals surface area contributed by atoms with Gasteiger partial charge in [-0.25, -0.2) is 0 Å². The summed E-state index contributed by atoms with van der Waals surface area (Å²) in [5.41, 5.74) is 5.87. The molecule has 108 valence electrons. The third-order valence-electron chi connectivity index (χ3n) is 3.56. The molecular weight excluding hydrogens is 260 g/mol. The third-order valence-corrected chi connectivity index (χ3v) is 3.56. The van der Waals surface area contributed by atoms with Crippen molar-refractivity contribution >= 4 is 11.8 Å². The van der Waals surface area contributed by atoms with Crippen LogP contribution < -0.4 is 5.73 Å². The highest BCUT2D eigenvalue weighted by atomic mass is 16.3. The predicted molar refractivity (Wildman–Crippen MR) is 71.3 cm³/mol. The molecule has 6 nitrogen and oxygen atoms in total. The number of carbonyl (C=O) groups is 2. The second kappa shape index (κ2) is 6.02. The average Bonchev–Trinajstić information content (AvgIpc) is 2.95. The van der Waals surface area contributed by atoms with Crippen LogP contribution in [0.1, 0.15) is 24.4 Å². The van der Waals surface area contributed by atoms with Gasteiger partial charge in [0.25, 0.3) is 5.91 Å². The summed E-state index contributed by atoms with van der Waals surface area (Å²) in [7, 11) is 0. The molecule has 0 aromatic heterocycles. The number of benzene rings is 1. The second-order valence-corrected chi connectivity index (χ2v) is 4.89. The van der Waals surface area contributed by atoms with Crippen LogP contribution in [0.4, 0.5) is 0 Å². The lowest BCUT2D eigenvalue weighted by Gasteiger charge is -2.28. The van der Waals surface area contributed by atoms with Crippen LogP contribution in [-0.2, 0) is 9.59 Å². The second-order valence-electron chi connectivity index (χ2n) is 4.89. The van der Waals surface area contributed by atoms with Gasteiger partial charge in [-0.1, -0.05) is 30.3 Å². The summed E-state index contributed by atoms with van der Waals surface area (Å²) in [5.74, 6) is -1.77. The minimum Gasteiger partial charge on any atom is -0.380 e. The van der Waals surface area contributed by atoms with Crippen molar-refractivity contribution in [3.8, 4) is 0 Å². The van der Waals surface area contributed by atoms with Crippen LogP contribution in [0.5, 0.6) is 0 Å². The van der Waals surface area contributed by atoms with Crippen molar-refractivity contribution in [3.05, 3.63) is 35.9 Å². The Labute approximate surface area is 116 Å². The lowest BCUT2D eigenvalue weighted by molar-refractivity contribution is -0.152. The van der Waals surface area contributed by atoms with E-state index in [1.165, 1.54) is 4.90 Å². The van der Waals surface area contributed by atoms with E-state index in [1.54, 1.807) is 0 Å². The van der Waals surface area contributed by atoms with Gasteiger partial charge in [0.1, 0.15) is 0 Å². The maximum absolute atomic E-state index is 12.2. The molecule has 1 fully saturated rings. The maximum atomic E-state index is 12.2. The first-order valence-electron chi connectivity index (χ1n) is 6.53. The van der Waals surface area contributed by atoms with Crippen molar-refractivity contribution < 1.29 is 19.8 Å². The monoisotopic (exact) mass is 278 g/mol. The molecule has 6 heteroatoms. The fourth-order valence-corrected chi connectivity index (χ4v) is 2.51. The number of hydrogen-bond donors (Lipinski definition) is 3. The Balaban J connectivity index is 2.15. The summed E-state index contributed by atoms with van der Waals surface area (Å²) in [6.07, 6.45) is -2.09. The van der Waals surface area contributed by atoms with E-state index in [0.29, 0.717) is 6.54 Å². The molecule has 2 amide bonds. The molecule has 0 aliphatic carbocycles. The Bertz CT molecular complexity index is 491. The Kier molecular flexibility index (Phi) is 4.36. The number of aliphatic hydroxyl groups is 2. The standard InChI is InChI=1S/C14H18N2O4/c15-13(19)11(17)12(18)14(20)16-8-4-7-10(16)9-5-2-1-3-6-9/h1-3,5-6,10-12,17-18H,4,7-8H2,(H2,15,19)/t10-,11-,12-/m1/s1. The molecule has 0 bridgehead atoms. The van der Waals surface area contributed by atoms with Gasteiger partial charge in [0.05, 0.1) is 6.04 Å². The molecule has 1 aliphatic heterocycles. The smallest absolute Gasteiger partial charge is 0.255 e. The molecule has 1 aliphatic rings. The molecule has 1 saturated heterocycles. The minimum absolute atomic E-state index is 0.140. The van der Waals surface area contributed by atoms with Crippen LogP contribution in [0, 0.1) is 0 Å². The van der Waals surface area contributed by atoms with Gasteiger partial charge in [0.15, 0.2) is 12.2 Å². The lowest BCUT2D eigenvalue weighted by Crippen LogP contribution is -2.49. The average molecular weight is 278 g/mol. The molecule has 1 aromatic carbocycles. The molecule has 0 saturated carbocycles. The van der Waals surface area contributed by atoms with E-state index in [1.807, 2.05) is 30.3 Å². The van der Waals surface area contributed by atoms with Crippen LogP contribution in [0.3, 0.4) is 0 Å². The van der Waals surface area contributed by atoms with Gasteiger partial charge in [-0.3, -0.25) is 9.59 Å². The van der Waals surface area contributed by atoms with Gasteiger partial charge in [0, 0.05) is 6.54 Å². The van der Waals surface area contributed by atoms with Gasteiger partial charge < -0.3 is 20.8 Å².